The first kappa shape index (κ1) is 21.3. The van der Waals surface area contributed by atoms with Gasteiger partial charge in [-0.05, 0) is 34.9 Å². The molecule has 1 amide bonds. The highest BCUT2D eigenvalue weighted by Gasteiger charge is 2.18. The quantitative estimate of drug-likeness (QED) is 0.412. The fourth-order valence-electron chi connectivity index (χ4n) is 3.76. The lowest BCUT2D eigenvalue weighted by molar-refractivity contribution is -0.113. The second kappa shape index (κ2) is 9.92. The highest BCUT2D eigenvalue weighted by molar-refractivity contribution is 5.98. The van der Waals surface area contributed by atoms with E-state index in [1.165, 1.54) is 0 Å². The Balaban J connectivity index is 1.50. The number of anilines is 2. The van der Waals surface area contributed by atoms with Crippen molar-refractivity contribution in [2.75, 3.05) is 24.3 Å². The number of hydrogen-bond acceptors (Lipinski definition) is 3. The molecule has 0 bridgehead atoms. The first-order valence-corrected chi connectivity index (χ1v) is 10.6. The summed E-state index contributed by atoms with van der Waals surface area (Å²) in [6.07, 6.45) is 5.39. The summed E-state index contributed by atoms with van der Waals surface area (Å²) < 4.78 is 0. The molecule has 0 spiro atoms. The third-order valence-electron chi connectivity index (χ3n) is 5.38. The number of nitrogens with zero attached hydrogens (tertiary/aromatic N) is 2. The Hall–Kier alpha value is -3.92. The number of carbonyl (C=O) groups is 1. The van der Waals surface area contributed by atoms with E-state index >= 15 is 0 Å². The van der Waals surface area contributed by atoms with Crippen LogP contribution >= 0.6 is 0 Å². The zero-order valence-corrected chi connectivity index (χ0v) is 18.3. The molecule has 0 aliphatic carbocycles. The van der Waals surface area contributed by atoms with Crippen molar-refractivity contribution in [2.45, 2.75) is 5.92 Å². The molecule has 0 atom stereocenters. The van der Waals surface area contributed by atoms with Gasteiger partial charge in [-0.3, -0.25) is 9.78 Å². The van der Waals surface area contributed by atoms with Crippen LogP contribution in [-0.4, -0.2) is 25.0 Å². The third-order valence-corrected chi connectivity index (χ3v) is 5.38. The van der Waals surface area contributed by atoms with Gasteiger partial charge in [0, 0.05) is 37.5 Å². The van der Waals surface area contributed by atoms with Crippen LogP contribution in [0.4, 0.5) is 11.4 Å². The van der Waals surface area contributed by atoms with Crippen LogP contribution in [0, 0.1) is 6.42 Å². The van der Waals surface area contributed by atoms with Crippen LogP contribution in [0.1, 0.15) is 17.0 Å². The summed E-state index contributed by atoms with van der Waals surface area (Å²) in [5.41, 5.74) is 6.14. The second-order valence-corrected chi connectivity index (χ2v) is 7.82. The third kappa shape index (κ3) is 5.03. The first-order chi connectivity index (χ1) is 15.6. The highest BCUT2D eigenvalue weighted by atomic mass is 16.1. The summed E-state index contributed by atoms with van der Waals surface area (Å²) in [6, 6.07) is 30.1. The molecule has 3 aromatic carbocycles. The van der Waals surface area contributed by atoms with E-state index < -0.39 is 0 Å². The summed E-state index contributed by atoms with van der Waals surface area (Å²) in [6.45, 7) is 0. The topological polar surface area (TPSA) is 45.2 Å². The number of carbonyl (C=O) groups excluding carboxylic acids is 1. The molecule has 0 saturated carbocycles. The first-order valence-electron chi connectivity index (χ1n) is 10.6. The predicted octanol–water partition coefficient (Wildman–Crippen LogP) is 5.79. The molecule has 1 heterocycles. The minimum Gasteiger partial charge on any atom is -0.376 e. The van der Waals surface area contributed by atoms with Crippen molar-refractivity contribution < 1.29 is 4.79 Å². The number of nitrogens with one attached hydrogen (secondary N) is 1. The molecule has 0 aliphatic rings. The van der Waals surface area contributed by atoms with Crippen LogP contribution in [0.2, 0.25) is 0 Å². The van der Waals surface area contributed by atoms with E-state index in [9.17, 15) is 4.79 Å². The van der Waals surface area contributed by atoms with Crippen molar-refractivity contribution in [2.24, 2.45) is 0 Å². The zero-order chi connectivity index (χ0) is 22.3. The van der Waals surface area contributed by atoms with Crippen LogP contribution in [0.25, 0.3) is 11.1 Å². The molecule has 0 unspecified atom stereocenters. The Morgan fingerprint density at radius 2 is 1.44 bits per heavy atom. The maximum absolute atomic E-state index is 12.9. The Bertz CT molecular complexity index is 1120. The number of pyridine rings is 1. The fraction of sp³-hybridized carbons (Fsp3) is 0.107. The van der Waals surface area contributed by atoms with E-state index in [0.29, 0.717) is 0 Å². The Labute approximate surface area is 189 Å². The predicted molar refractivity (Wildman–Crippen MR) is 132 cm³/mol. The molecule has 0 aliphatic heterocycles. The van der Waals surface area contributed by atoms with E-state index in [-0.39, 0.29) is 11.8 Å². The number of aromatic nitrogens is 1. The Morgan fingerprint density at radius 1 is 0.844 bits per heavy atom. The van der Waals surface area contributed by atoms with Gasteiger partial charge >= 0.3 is 0 Å². The maximum Gasteiger partial charge on any atom is 0.229 e. The summed E-state index contributed by atoms with van der Waals surface area (Å²) in [5.74, 6) is -0.246. The highest BCUT2D eigenvalue weighted by Crippen LogP contribution is 2.30. The molecule has 0 fully saturated rings. The lowest BCUT2D eigenvalue weighted by atomic mass is 9.88. The average molecular weight is 421 g/mol. The van der Waals surface area contributed by atoms with Gasteiger partial charge in [0.25, 0.3) is 0 Å². The molecule has 159 valence electrons. The summed E-state index contributed by atoms with van der Waals surface area (Å²) in [5, 5.41) is 3.01. The molecule has 0 saturated heterocycles. The van der Waals surface area contributed by atoms with Crippen molar-refractivity contribution in [3.8, 4) is 11.1 Å². The van der Waals surface area contributed by atoms with Gasteiger partial charge in [-0.1, -0.05) is 72.8 Å². The van der Waals surface area contributed by atoms with Gasteiger partial charge in [0.2, 0.25) is 5.91 Å². The minimum absolute atomic E-state index is 0.115. The Morgan fingerprint density at radius 3 is 2.00 bits per heavy atom. The minimum atomic E-state index is -0.131. The van der Waals surface area contributed by atoms with E-state index in [0.717, 1.165) is 33.6 Å². The normalized spacial score (nSPS) is 10.7. The van der Waals surface area contributed by atoms with E-state index in [2.05, 4.69) is 10.3 Å². The largest absolute Gasteiger partial charge is 0.376 e. The lowest BCUT2D eigenvalue weighted by Crippen LogP contribution is -2.17. The van der Waals surface area contributed by atoms with Gasteiger partial charge in [0.15, 0.2) is 0 Å². The van der Waals surface area contributed by atoms with Crippen LogP contribution < -0.4 is 10.2 Å². The number of amides is 1. The molecule has 32 heavy (non-hydrogen) atoms. The van der Waals surface area contributed by atoms with Gasteiger partial charge < -0.3 is 10.2 Å². The lowest BCUT2D eigenvalue weighted by Gasteiger charge is -2.18. The van der Waals surface area contributed by atoms with Crippen molar-refractivity contribution >= 4 is 17.3 Å². The van der Waals surface area contributed by atoms with Crippen molar-refractivity contribution in [1.82, 2.24) is 4.98 Å². The molecule has 1 N–H and O–H groups in total. The summed E-state index contributed by atoms with van der Waals surface area (Å²) in [4.78, 5) is 19.2. The van der Waals surface area contributed by atoms with Gasteiger partial charge in [0.1, 0.15) is 0 Å². The van der Waals surface area contributed by atoms with E-state index in [4.69, 9.17) is 0 Å². The average Bonchev–Trinajstić information content (AvgIpc) is 2.84. The maximum atomic E-state index is 12.9. The molecule has 1 aromatic heterocycles. The smallest absolute Gasteiger partial charge is 0.229 e. The van der Waals surface area contributed by atoms with Gasteiger partial charge in [0.05, 0.1) is 18.3 Å². The Kier molecular flexibility index (Phi) is 6.61. The molecule has 4 aromatic rings. The van der Waals surface area contributed by atoms with Crippen molar-refractivity contribution in [3.05, 3.63) is 121 Å². The van der Waals surface area contributed by atoms with Gasteiger partial charge in [-0.25, -0.2) is 0 Å². The van der Waals surface area contributed by atoms with Gasteiger partial charge in [-0.15, -0.1) is 0 Å². The van der Waals surface area contributed by atoms with Crippen LogP contribution in [0.5, 0.6) is 0 Å². The summed E-state index contributed by atoms with van der Waals surface area (Å²) >= 11 is 0. The second-order valence-electron chi connectivity index (χ2n) is 7.82. The molecular weight excluding hydrogens is 394 g/mol. The van der Waals surface area contributed by atoms with Crippen LogP contribution in [0.3, 0.4) is 0 Å². The zero-order valence-electron chi connectivity index (χ0n) is 18.3. The number of rotatable bonds is 7. The van der Waals surface area contributed by atoms with Crippen molar-refractivity contribution in [1.29, 1.82) is 0 Å². The monoisotopic (exact) mass is 420 g/mol. The molecule has 4 nitrogen and oxygen atoms in total. The molecule has 4 rings (SSSR count). The SMILES string of the molecule is CN(C)c1cnccc1-c1ccc(NC(=O)[CH]C(c2ccccc2)c2ccccc2)cc1. The standard InChI is InChI=1S/C28H26N3O/c1-31(2)27-20-29-18-17-25(27)23-13-15-24(16-14-23)30-28(32)19-26(21-9-5-3-6-10-21)22-11-7-4-8-12-22/h3-20,26H,1-2H3,(H,30,32). The van der Waals surface area contributed by atoms with Crippen LogP contribution in [0.15, 0.2) is 103 Å². The number of hydrogen-bond donors (Lipinski definition) is 1. The molecular formula is C28H26N3O. The molecule has 1 radical (unpaired) electrons. The number of benzene rings is 3. The van der Waals surface area contributed by atoms with Gasteiger partial charge in [-0.2, -0.15) is 0 Å². The summed E-state index contributed by atoms with van der Waals surface area (Å²) in [7, 11) is 4.00. The fourth-order valence-corrected chi connectivity index (χ4v) is 3.76. The van der Waals surface area contributed by atoms with E-state index in [1.54, 1.807) is 12.6 Å². The van der Waals surface area contributed by atoms with Crippen molar-refractivity contribution in [3.63, 3.8) is 0 Å². The molecule has 4 heteroatoms. The van der Waals surface area contributed by atoms with E-state index in [1.807, 2.05) is 116 Å². The van der Waals surface area contributed by atoms with Crippen LogP contribution in [-0.2, 0) is 4.79 Å².